The number of non-ortho nitro benzene ring substituents is 1. The molecule has 15 nitrogen and oxygen atoms in total. The molecule has 0 radical (unpaired) electrons. The molecule has 17 heteroatoms. The van der Waals surface area contributed by atoms with Crippen molar-refractivity contribution in [1.82, 2.24) is 24.2 Å². The minimum absolute atomic E-state index is 0.0831. The van der Waals surface area contributed by atoms with E-state index < -0.39 is 42.0 Å². The lowest BCUT2D eigenvalue weighted by Gasteiger charge is -2.40. The molecule has 0 spiro atoms. The summed E-state index contributed by atoms with van der Waals surface area (Å²) in [6.07, 6.45) is 0.949. The van der Waals surface area contributed by atoms with Gasteiger partial charge in [0.1, 0.15) is 12.1 Å². The van der Waals surface area contributed by atoms with Crippen molar-refractivity contribution in [3.8, 4) is 5.75 Å². The second kappa shape index (κ2) is 13.1. The lowest BCUT2D eigenvalue weighted by molar-refractivity contribution is -0.384. The van der Waals surface area contributed by atoms with E-state index in [2.05, 4.69) is 58.9 Å². The summed E-state index contributed by atoms with van der Waals surface area (Å²) in [5.74, 6) is -0.510. The van der Waals surface area contributed by atoms with Crippen molar-refractivity contribution in [2.75, 3.05) is 11.9 Å². The number of nitrogens with zero attached hydrogens (tertiary/aromatic N) is 5. The Hall–Kier alpha value is -4.29. The quantitative estimate of drug-likeness (QED) is 0.125. The van der Waals surface area contributed by atoms with Gasteiger partial charge in [-0.05, 0) is 42.4 Å². The fourth-order valence-electron chi connectivity index (χ4n) is 4.85. The van der Waals surface area contributed by atoms with Gasteiger partial charge in [-0.2, -0.15) is 13.1 Å². The number of hydrogen-bond donors (Lipinski definition) is 2. The number of ether oxygens (including phenoxy) is 1. The van der Waals surface area contributed by atoms with Crippen LogP contribution in [-0.2, 0) is 19.5 Å². The number of aromatic nitrogens is 4. The molecule has 4 atom stereocenters. The maximum atomic E-state index is 12.9. The minimum Gasteiger partial charge on any atom is -0.409 e. The predicted octanol–water partition coefficient (Wildman–Crippen LogP) is 4.82. The van der Waals surface area contributed by atoms with Gasteiger partial charge in [0.25, 0.3) is 11.6 Å². The van der Waals surface area contributed by atoms with Crippen LogP contribution < -0.4 is 14.2 Å². The molecule has 1 fully saturated rings. The van der Waals surface area contributed by atoms with E-state index in [9.17, 15) is 23.3 Å². The molecule has 1 aliphatic rings. The van der Waals surface area contributed by atoms with Crippen LogP contribution >= 0.6 is 0 Å². The van der Waals surface area contributed by atoms with Gasteiger partial charge in [-0.1, -0.05) is 45.9 Å². The Balaban J connectivity index is 1.40. The fraction of sp³-hybridized carbons (Fsp3) is 0.400. The van der Waals surface area contributed by atoms with Crippen molar-refractivity contribution in [3.63, 3.8) is 0 Å². The summed E-state index contributed by atoms with van der Waals surface area (Å²) >= 11 is 0. The Morgan fingerprint density at radius 2 is 1.77 bits per heavy atom. The number of carbonyl (C=O) groups excluding carboxylic acids is 1. The molecule has 2 aromatic heterocycles. The number of rotatable bonds is 11. The third-order valence-corrected chi connectivity index (χ3v) is 14.0. The van der Waals surface area contributed by atoms with E-state index in [1.807, 2.05) is 13.0 Å². The molecule has 3 heterocycles. The van der Waals surface area contributed by atoms with E-state index in [1.165, 1.54) is 18.5 Å². The number of benzene rings is 2. The average Bonchev–Trinajstić information content (AvgIpc) is 3.57. The number of nitrogens with one attached hydrogen (secondary N) is 2. The van der Waals surface area contributed by atoms with E-state index in [0.717, 1.165) is 12.1 Å². The van der Waals surface area contributed by atoms with Gasteiger partial charge in [-0.15, -0.1) is 0 Å². The molecular formula is C30H37N7O8SSi. The molecule has 0 bridgehead atoms. The molecule has 1 amide bonds. The van der Waals surface area contributed by atoms with E-state index >= 15 is 0 Å². The van der Waals surface area contributed by atoms with Crippen LogP contribution in [0.3, 0.4) is 0 Å². The highest BCUT2D eigenvalue weighted by molar-refractivity contribution is 7.85. The zero-order chi connectivity index (χ0) is 34.1. The molecule has 5 rings (SSSR count). The normalized spacial score (nSPS) is 20.3. The molecular weight excluding hydrogens is 647 g/mol. The largest absolute Gasteiger partial charge is 0.409 e. The standard InChI is InChI=1S/C30H37N7O8SSi/c1-19-23(16-34-46(41,42)44-22-14-12-21(13-15-22)37(39)40)43-29(25(19)45-47(5,6)30(2,3)4)36-18-33-24-26(31-17-32-27(24)36)35-28(38)20-10-8-7-9-11-20/h7-15,17-19,23,25,29,34H,16H2,1-6H3,(H,31,32,35,38)/t19-,23-,25-,29-/m1/s1. The monoisotopic (exact) mass is 683 g/mol. The smallest absolute Gasteiger partial charge is 0.382 e. The average molecular weight is 684 g/mol. The first-order valence-electron chi connectivity index (χ1n) is 14.9. The first-order valence-corrected chi connectivity index (χ1v) is 19.2. The van der Waals surface area contributed by atoms with E-state index in [-0.39, 0.29) is 40.7 Å². The highest BCUT2D eigenvalue weighted by Gasteiger charge is 2.49. The number of imidazole rings is 1. The Bertz CT molecular complexity index is 1860. The maximum Gasteiger partial charge on any atom is 0.382 e. The van der Waals surface area contributed by atoms with Crippen LogP contribution in [0, 0.1) is 16.0 Å². The summed E-state index contributed by atoms with van der Waals surface area (Å²) in [6, 6.07) is 13.4. The number of nitro groups is 1. The van der Waals surface area contributed by atoms with Crippen LogP contribution in [0.1, 0.15) is 44.3 Å². The van der Waals surface area contributed by atoms with Gasteiger partial charge in [0.2, 0.25) is 0 Å². The molecule has 1 saturated heterocycles. The number of carbonyl (C=O) groups is 1. The van der Waals surface area contributed by atoms with Crippen LogP contribution in [0.15, 0.2) is 67.3 Å². The summed E-state index contributed by atoms with van der Waals surface area (Å²) in [5.41, 5.74) is 1.00. The van der Waals surface area contributed by atoms with E-state index in [0.29, 0.717) is 16.7 Å². The Morgan fingerprint density at radius 1 is 1.09 bits per heavy atom. The SMILES string of the molecule is C[C@H]1[C@@H](O[Si](C)(C)C(C)(C)C)[C@H](n2cnc3c(NC(=O)c4ccccc4)ncnc32)O[C@@H]1CNS(=O)(=O)Oc1ccc([N+](=O)[O-])cc1. The molecule has 0 unspecified atom stereocenters. The van der Waals surface area contributed by atoms with Crippen molar-refractivity contribution in [2.24, 2.45) is 5.92 Å². The van der Waals surface area contributed by atoms with E-state index in [1.54, 1.807) is 35.2 Å². The maximum absolute atomic E-state index is 12.9. The number of fused-ring (bicyclic) bond motifs is 1. The van der Waals surface area contributed by atoms with Crippen molar-refractivity contribution in [3.05, 3.63) is 82.9 Å². The van der Waals surface area contributed by atoms with Crippen molar-refractivity contribution >= 4 is 47.2 Å². The molecule has 2 aromatic carbocycles. The van der Waals surface area contributed by atoms with Gasteiger partial charge >= 0.3 is 10.3 Å². The first-order chi connectivity index (χ1) is 22.1. The molecule has 0 aliphatic carbocycles. The van der Waals surface area contributed by atoms with Gasteiger partial charge < -0.3 is 18.7 Å². The highest BCUT2D eigenvalue weighted by atomic mass is 32.2. The third kappa shape index (κ3) is 7.49. The molecule has 0 saturated carbocycles. The molecule has 250 valence electrons. The predicted molar refractivity (Wildman–Crippen MR) is 176 cm³/mol. The fourth-order valence-corrected chi connectivity index (χ4v) is 7.01. The van der Waals surface area contributed by atoms with Crippen molar-refractivity contribution in [1.29, 1.82) is 0 Å². The van der Waals surface area contributed by atoms with Crippen LogP contribution in [0.4, 0.5) is 11.5 Å². The van der Waals surface area contributed by atoms with E-state index in [4.69, 9.17) is 13.3 Å². The van der Waals surface area contributed by atoms with Gasteiger partial charge in [0.15, 0.2) is 31.5 Å². The Kier molecular flexibility index (Phi) is 9.47. The number of hydrogen-bond acceptors (Lipinski definition) is 11. The molecule has 2 N–H and O–H groups in total. The molecule has 4 aromatic rings. The summed E-state index contributed by atoms with van der Waals surface area (Å²) < 4.78 is 48.3. The van der Waals surface area contributed by atoms with Crippen molar-refractivity contribution < 1.29 is 31.5 Å². The van der Waals surface area contributed by atoms with Crippen LogP contribution in [0.25, 0.3) is 11.2 Å². The summed E-state index contributed by atoms with van der Waals surface area (Å²) in [4.78, 5) is 36.4. The van der Waals surface area contributed by atoms with Crippen LogP contribution in [0.5, 0.6) is 5.75 Å². The zero-order valence-corrected chi connectivity index (χ0v) is 28.6. The number of amides is 1. The third-order valence-electron chi connectivity index (χ3n) is 8.55. The van der Waals surface area contributed by atoms with Crippen LogP contribution in [0.2, 0.25) is 18.1 Å². The van der Waals surface area contributed by atoms with Gasteiger partial charge in [0, 0.05) is 30.2 Å². The topological polar surface area (TPSA) is 190 Å². The summed E-state index contributed by atoms with van der Waals surface area (Å²) in [6.45, 7) is 12.4. The van der Waals surface area contributed by atoms with Crippen molar-refractivity contribution in [2.45, 2.75) is 64.3 Å². The lowest BCUT2D eigenvalue weighted by Crippen LogP contribution is -2.47. The second-order valence-electron chi connectivity index (χ2n) is 12.8. The zero-order valence-electron chi connectivity index (χ0n) is 26.8. The Labute approximate surface area is 273 Å². The number of anilines is 1. The molecule has 47 heavy (non-hydrogen) atoms. The summed E-state index contributed by atoms with van der Waals surface area (Å²) in [5, 5.41) is 13.6. The highest BCUT2D eigenvalue weighted by Crippen LogP contribution is 2.44. The first kappa shape index (κ1) is 34.1. The van der Waals surface area contributed by atoms with Gasteiger partial charge in [-0.25, -0.2) is 15.0 Å². The van der Waals surface area contributed by atoms with Gasteiger partial charge in [0.05, 0.1) is 23.5 Å². The second-order valence-corrected chi connectivity index (χ2v) is 18.9. The van der Waals surface area contributed by atoms with Gasteiger partial charge in [-0.3, -0.25) is 19.5 Å². The summed E-state index contributed by atoms with van der Waals surface area (Å²) in [7, 11) is -6.68. The van der Waals surface area contributed by atoms with Crippen LogP contribution in [-0.4, -0.2) is 65.8 Å². The molecule has 1 aliphatic heterocycles. The minimum atomic E-state index is -4.31. The number of nitro benzene ring substituents is 1. The Morgan fingerprint density at radius 3 is 2.40 bits per heavy atom. The lowest BCUT2D eigenvalue weighted by atomic mass is 10.0.